The molecular formula is C13H10BrF2NO2S. The van der Waals surface area contributed by atoms with E-state index in [9.17, 15) is 17.2 Å². The Morgan fingerprint density at radius 3 is 2.15 bits per heavy atom. The van der Waals surface area contributed by atoms with E-state index in [0.29, 0.717) is 0 Å². The molecule has 0 saturated heterocycles. The first-order valence-electron chi connectivity index (χ1n) is 5.52. The van der Waals surface area contributed by atoms with Crippen molar-refractivity contribution in [1.82, 2.24) is 0 Å². The third-order valence-corrected chi connectivity index (χ3v) is 5.07. The maximum absolute atomic E-state index is 13.2. The fourth-order valence-electron chi connectivity index (χ4n) is 1.58. The molecule has 0 aliphatic rings. The van der Waals surface area contributed by atoms with Gasteiger partial charge in [-0.15, -0.1) is 0 Å². The van der Waals surface area contributed by atoms with Crippen LogP contribution in [0.5, 0.6) is 0 Å². The highest BCUT2D eigenvalue weighted by atomic mass is 79.9. The predicted octanol–water partition coefficient (Wildman–Crippen LogP) is 3.55. The van der Waals surface area contributed by atoms with Crippen LogP contribution in [0, 0.1) is 11.6 Å². The minimum atomic E-state index is -3.82. The Labute approximate surface area is 124 Å². The highest BCUT2D eigenvalue weighted by Gasteiger charge is 2.21. The Morgan fingerprint density at radius 2 is 1.60 bits per heavy atom. The minimum absolute atomic E-state index is 0.0480. The number of hydrogen-bond acceptors (Lipinski definition) is 2. The molecule has 0 spiro atoms. The van der Waals surface area contributed by atoms with E-state index >= 15 is 0 Å². The maximum Gasteiger partial charge on any atom is 0.264 e. The molecule has 0 atom stereocenters. The number of rotatable bonds is 3. The van der Waals surface area contributed by atoms with Crippen molar-refractivity contribution in [2.24, 2.45) is 0 Å². The van der Waals surface area contributed by atoms with Crippen LogP contribution >= 0.6 is 15.9 Å². The van der Waals surface area contributed by atoms with Crippen LogP contribution in [-0.2, 0) is 10.0 Å². The second kappa shape index (κ2) is 5.49. The number of nitrogens with zero attached hydrogens (tertiary/aromatic N) is 1. The molecule has 0 bridgehead atoms. The molecule has 20 heavy (non-hydrogen) atoms. The van der Waals surface area contributed by atoms with Gasteiger partial charge in [0.1, 0.15) is 0 Å². The summed E-state index contributed by atoms with van der Waals surface area (Å²) in [5.41, 5.74) is 0.0480. The molecule has 0 heterocycles. The van der Waals surface area contributed by atoms with Gasteiger partial charge in [-0.3, -0.25) is 4.31 Å². The monoisotopic (exact) mass is 361 g/mol. The van der Waals surface area contributed by atoms with Gasteiger partial charge in [-0.2, -0.15) is 0 Å². The Balaban J connectivity index is 2.42. The van der Waals surface area contributed by atoms with Crippen molar-refractivity contribution < 1.29 is 17.2 Å². The number of halogens is 3. The van der Waals surface area contributed by atoms with Crippen molar-refractivity contribution in [3.8, 4) is 0 Å². The quantitative estimate of drug-likeness (QED) is 0.838. The lowest BCUT2D eigenvalue weighted by Crippen LogP contribution is -2.26. The number of anilines is 1. The molecule has 0 fully saturated rings. The van der Waals surface area contributed by atoms with E-state index in [1.807, 2.05) is 0 Å². The van der Waals surface area contributed by atoms with Crippen molar-refractivity contribution in [3.63, 3.8) is 0 Å². The molecule has 106 valence electrons. The third-order valence-electron chi connectivity index (χ3n) is 2.74. The van der Waals surface area contributed by atoms with Crippen LogP contribution in [0.15, 0.2) is 51.8 Å². The maximum atomic E-state index is 13.2. The number of hydrogen-bond donors (Lipinski definition) is 0. The van der Waals surface area contributed by atoms with Gasteiger partial charge >= 0.3 is 0 Å². The summed E-state index contributed by atoms with van der Waals surface area (Å²) >= 11 is 3.21. The van der Waals surface area contributed by atoms with E-state index < -0.39 is 21.7 Å². The van der Waals surface area contributed by atoms with E-state index in [0.717, 1.165) is 20.9 Å². The van der Waals surface area contributed by atoms with Crippen LogP contribution in [0.1, 0.15) is 0 Å². The van der Waals surface area contributed by atoms with E-state index in [2.05, 4.69) is 15.9 Å². The highest BCUT2D eigenvalue weighted by Crippen LogP contribution is 2.24. The fraction of sp³-hybridized carbons (Fsp3) is 0.0769. The smallest absolute Gasteiger partial charge is 0.264 e. The largest absolute Gasteiger partial charge is 0.269 e. The molecule has 0 radical (unpaired) electrons. The number of sulfonamides is 1. The summed E-state index contributed by atoms with van der Waals surface area (Å²) in [6, 6.07) is 8.96. The second-order valence-electron chi connectivity index (χ2n) is 4.02. The van der Waals surface area contributed by atoms with E-state index in [4.69, 9.17) is 0 Å². The van der Waals surface area contributed by atoms with E-state index in [-0.39, 0.29) is 10.6 Å². The molecule has 0 unspecified atom stereocenters. The normalized spacial score (nSPS) is 11.4. The second-order valence-corrected chi connectivity index (χ2v) is 6.91. The Hall–Kier alpha value is -1.47. The Morgan fingerprint density at radius 1 is 1.00 bits per heavy atom. The van der Waals surface area contributed by atoms with Crippen LogP contribution in [0.2, 0.25) is 0 Å². The van der Waals surface area contributed by atoms with Crippen LogP contribution in [0.4, 0.5) is 14.5 Å². The molecule has 2 aromatic rings. The average Bonchev–Trinajstić information content (AvgIpc) is 2.41. The van der Waals surface area contributed by atoms with E-state index in [1.54, 1.807) is 12.1 Å². The molecule has 2 rings (SSSR count). The number of benzene rings is 2. The molecule has 0 amide bonds. The van der Waals surface area contributed by atoms with Gasteiger partial charge in [-0.05, 0) is 36.4 Å². The standard InChI is InChI=1S/C13H10BrF2NO2S/c1-17(10-4-7-12(15)13(16)8-10)20(18,19)11-5-2-9(14)3-6-11/h2-8H,1H3. The lowest BCUT2D eigenvalue weighted by atomic mass is 10.3. The molecule has 7 heteroatoms. The summed E-state index contributed by atoms with van der Waals surface area (Å²) in [5, 5.41) is 0. The summed E-state index contributed by atoms with van der Waals surface area (Å²) in [7, 11) is -2.53. The first kappa shape index (κ1) is 14.9. The molecule has 0 aromatic heterocycles. The Bertz CT molecular complexity index is 733. The zero-order valence-corrected chi connectivity index (χ0v) is 12.7. The van der Waals surface area contributed by atoms with Gasteiger partial charge in [0.05, 0.1) is 10.6 Å². The zero-order valence-electron chi connectivity index (χ0n) is 10.3. The topological polar surface area (TPSA) is 37.4 Å². The molecular weight excluding hydrogens is 352 g/mol. The van der Waals surface area contributed by atoms with Crippen LogP contribution in [0.3, 0.4) is 0 Å². The summed E-state index contributed by atoms with van der Waals surface area (Å²) in [6.07, 6.45) is 0. The van der Waals surface area contributed by atoms with Crippen molar-refractivity contribution in [3.05, 3.63) is 58.6 Å². The summed E-state index contributed by atoms with van der Waals surface area (Å²) in [4.78, 5) is 0.0629. The van der Waals surface area contributed by atoms with Gasteiger partial charge in [0.2, 0.25) is 0 Å². The van der Waals surface area contributed by atoms with Crippen molar-refractivity contribution in [2.45, 2.75) is 4.90 Å². The van der Waals surface area contributed by atoms with Gasteiger partial charge in [-0.25, -0.2) is 17.2 Å². The third kappa shape index (κ3) is 2.83. The molecule has 0 aliphatic heterocycles. The summed E-state index contributed by atoms with van der Waals surface area (Å²) in [6.45, 7) is 0. The van der Waals surface area contributed by atoms with E-state index in [1.165, 1.54) is 25.2 Å². The van der Waals surface area contributed by atoms with Gasteiger partial charge in [-0.1, -0.05) is 15.9 Å². The van der Waals surface area contributed by atoms with Crippen molar-refractivity contribution in [1.29, 1.82) is 0 Å². The lowest BCUT2D eigenvalue weighted by Gasteiger charge is -2.19. The van der Waals surface area contributed by atoms with Gasteiger partial charge in [0.15, 0.2) is 11.6 Å². The first-order valence-corrected chi connectivity index (χ1v) is 7.75. The molecule has 0 N–H and O–H groups in total. The summed E-state index contributed by atoms with van der Waals surface area (Å²) in [5.74, 6) is -2.12. The molecule has 0 aliphatic carbocycles. The van der Waals surface area contributed by atoms with Crippen LogP contribution in [-0.4, -0.2) is 15.5 Å². The van der Waals surface area contributed by atoms with Crippen LogP contribution < -0.4 is 4.31 Å². The van der Waals surface area contributed by atoms with Crippen molar-refractivity contribution >= 4 is 31.6 Å². The average molecular weight is 362 g/mol. The zero-order chi connectivity index (χ0) is 14.9. The minimum Gasteiger partial charge on any atom is -0.269 e. The van der Waals surface area contributed by atoms with Gasteiger partial charge < -0.3 is 0 Å². The van der Waals surface area contributed by atoms with Gasteiger partial charge in [0.25, 0.3) is 10.0 Å². The van der Waals surface area contributed by atoms with Crippen LogP contribution in [0.25, 0.3) is 0 Å². The van der Waals surface area contributed by atoms with Crippen molar-refractivity contribution in [2.75, 3.05) is 11.4 Å². The Kier molecular flexibility index (Phi) is 4.10. The fourth-order valence-corrected chi connectivity index (χ4v) is 3.04. The first-order chi connectivity index (χ1) is 9.32. The summed E-state index contributed by atoms with van der Waals surface area (Å²) < 4.78 is 52.4. The van der Waals surface area contributed by atoms with Gasteiger partial charge in [0, 0.05) is 17.6 Å². The lowest BCUT2D eigenvalue weighted by molar-refractivity contribution is 0.509. The predicted molar refractivity (Wildman–Crippen MR) is 76.1 cm³/mol. The SMILES string of the molecule is CN(c1ccc(F)c(F)c1)S(=O)(=O)c1ccc(Br)cc1. The highest BCUT2D eigenvalue weighted by molar-refractivity contribution is 9.10. The molecule has 2 aromatic carbocycles. The molecule has 0 saturated carbocycles. The molecule has 3 nitrogen and oxygen atoms in total.